The number of hydrogen-bond donors (Lipinski definition) is 1. The summed E-state index contributed by atoms with van der Waals surface area (Å²) in [4.78, 5) is 22.3. The van der Waals surface area contributed by atoms with Gasteiger partial charge in [-0.25, -0.2) is 9.18 Å². The molecular formula is C17H16ClFN2O5. The van der Waals surface area contributed by atoms with Crippen LogP contribution < -0.4 is 10.1 Å². The van der Waals surface area contributed by atoms with Crippen molar-refractivity contribution in [2.24, 2.45) is 0 Å². The van der Waals surface area contributed by atoms with Crippen molar-refractivity contribution in [3.05, 3.63) is 57.4 Å². The molecule has 0 saturated heterocycles. The van der Waals surface area contributed by atoms with Gasteiger partial charge in [-0.05, 0) is 32.9 Å². The lowest BCUT2D eigenvalue weighted by atomic mass is 10.2. The smallest absolute Gasteiger partial charge is 0.412 e. The topological polar surface area (TPSA) is 90.7 Å². The fraction of sp³-hybridized carbons (Fsp3) is 0.235. The predicted molar refractivity (Wildman–Crippen MR) is 94.4 cm³/mol. The lowest BCUT2D eigenvalue weighted by Gasteiger charge is -2.19. The van der Waals surface area contributed by atoms with Crippen molar-refractivity contribution in [3.8, 4) is 11.5 Å². The van der Waals surface area contributed by atoms with E-state index in [1.54, 1.807) is 20.8 Å². The van der Waals surface area contributed by atoms with Crippen LogP contribution in [-0.4, -0.2) is 16.6 Å². The number of carbonyl (C=O) groups excluding carboxylic acids is 1. The maximum atomic E-state index is 13.2. The molecule has 0 radical (unpaired) electrons. The summed E-state index contributed by atoms with van der Waals surface area (Å²) in [6.07, 6.45) is -0.770. The molecule has 9 heteroatoms. The van der Waals surface area contributed by atoms with Crippen LogP contribution in [0.4, 0.5) is 20.6 Å². The van der Waals surface area contributed by atoms with Gasteiger partial charge in [0.05, 0.1) is 21.7 Å². The normalized spacial score (nSPS) is 11.0. The van der Waals surface area contributed by atoms with Gasteiger partial charge in [-0.1, -0.05) is 11.6 Å². The van der Waals surface area contributed by atoms with Crippen molar-refractivity contribution in [2.75, 3.05) is 5.32 Å². The number of hydrogen-bond acceptors (Lipinski definition) is 5. The van der Waals surface area contributed by atoms with E-state index in [4.69, 9.17) is 21.1 Å². The van der Waals surface area contributed by atoms with E-state index in [0.29, 0.717) is 0 Å². The minimum atomic E-state index is -0.770. The molecule has 0 spiro atoms. The molecular weight excluding hydrogens is 367 g/mol. The third kappa shape index (κ3) is 5.59. The van der Waals surface area contributed by atoms with Gasteiger partial charge in [-0.15, -0.1) is 0 Å². The summed E-state index contributed by atoms with van der Waals surface area (Å²) in [6.45, 7) is 5.06. The molecule has 7 nitrogen and oxygen atoms in total. The number of rotatable bonds is 4. The Balaban J connectivity index is 2.28. The first kappa shape index (κ1) is 19.5. The van der Waals surface area contributed by atoms with Crippen molar-refractivity contribution in [1.82, 2.24) is 0 Å². The van der Waals surface area contributed by atoms with Crippen LogP contribution in [-0.2, 0) is 4.74 Å². The van der Waals surface area contributed by atoms with Crippen molar-refractivity contribution < 1.29 is 23.6 Å². The lowest BCUT2D eigenvalue weighted by molar-refractivity contribution is -0.384. The maximum absolute atomic E-state index is 13.2. The number of ether oxygens (including phenoxy) is 2. The molecule has 0 unspecified atom stereocenters. The monoisotopic (exact) mass is 382 g/mol. The van der Waals surface area contributed by atoms with Crippen molar-refractivity contribution in [2.45, 2.75) is 26.4 Å². The fourth-order valence-electron chi connectivity index (χ4n) is 1.92. The molecule has 2 rings (SSSR count). The van der Waals surface area contributed by atoms with Crippen LogP contribution >= 0.6 is 11.6 Å². The maximum Gasteiger partial charge on any atom is 0.412 e. The number of nitro benzene ring substituents is 1. The number of nitrogens with one attached hydrogen (secondary N) is 1. The van der Waals surface area contributed by atoms with Crippen LogP contribution in [0.1, 0.15) is 20.8 Å². The van der Waals surface area contributed by atoms with E-state index in [0.717, 1.165) is 18.2 Å². The van der Waals surface area contributed by atoms with Gasteiger partial charge in [0, 0.05) is 18.2 Å². The highest BCUT2D eigenvalue weighted by molar-refractivity contribution is 6.30. The van der Waals surface area contributed by atoms with Gasteiger partial charge in [0.15, 0.2) is 0 Å². The fourth-order valence-corrected chi connectivity index (χ4v) is 2.09. The molecule has 2 aromatic carbocycles. The predicted octanol–water partition coefficient (Wildman–Crippen LogP) is 5.53. The molecule has 0 bridgehead atoms. The third-order valence-corrected chi connectivity index (χ3v) is 3.16. The first-order chi connectivity index (χ1) is 12.0. The Morgan fingerprint density at radius 3 is 2.46 bits per heavy atom. The number of nitro groups is 1. The average molecular weight is 383 g/mol. The number of non-ortho nitro benzene ring substituents is 1. The highest BCUT2D eigenvalue weighted by Gasteiger charge is 2.18. The Hall–Kier alpha value is -2.87. The Labute approximate surface area is 153 Å². The second kappa shape index (κ2) is 7.57. The molecule has 0 aliphatic rings. The number of amides is 1. The Morgan fingerprint density at radius 1 is 1.19 bits per heavy atom. The molecule has 0 aliphatic heterocycles. The van der Waals surface area contributed by atoms with E-state index in [1.165, 1.54) is 18.2 Å². The Morgan fingerprint density at radius 2 is 1.88 bits per heavy atom. The first-order valence-corrected chi connectivity index (χ1v) is 7.84. The molecule has 1 amide bonds. The van der Waals surface area contributed by atoms with Crippen LogP contribution in [0.2, 0.25) is 5.02 Å². The Bertz CT molecular complexity index is 852. The molecule has 2 aromatic rings. The summed E-state index contributed by atoms with van der Waals surface area (Å²) in [5, 5.41) is 13.4. The van der Waals surface area contributed by atoms with Gasteiger partial charge in [0.1, 0.15) is 22.9 Å². The molecule has 0 heterocycles. The first-order valence-electron chi connectivity index (χ1n) is 7.46. The summed E-state index contributed by atoms with van der Waals surface area (Å²) in [6, 6.07) is 7.35. The van der Waals surface area contributed by atoms with Crippen molar-refractivity contribution in [1.29, 1.82) is 0 Å². The van der Waals surface area contributed by atoms with E-state index >= 15 is 0 Å². The summed E-state index contributed by atoms with van der Waals surface area (Å²) >= 11 is 5.69. The minimum Gasteiger partial charge on any atom is -0.457 e. The van der Waals surface area contributed by atoms with Crippen LogP contribution in [0.15, 0.2) is 36.4 Å². The van der Waals surface area contributed by atoms with Crippen molar-refractivity contribution in [3.63, 3.8) is 0 Å². The summed E-state index contributed by atoms with van der Waals surface area (Å²) in [5.74, 6) is -0.376. The molecule has 26 heavy (non-hydrogen) atoms. The Kier molecular flexibility index (Phi) is 5.66. The third-order valence-electron chi connectivity index (χ3n) is 2.87. The zero-order valence-electron chi connectivity index (χ0n) is 14.2. The molecule has 0 fully saturated rings. The highest BCUT2D eigenvalue weighted by atomic mass is 35.5. The van der Waals surface area contributed by atoms with Gasteiger partial charge >= 0.3 is 6.09 Å². The van der Waals surface area contributed by atoms with E-state index in [2.05, 4.69) is 5.32 Å². The van der Waals surface area contributed by atoms with Crippen LogP contribution in [0.25, 0.3) is 0 Å². The minimum absolute atomic E-state index is 0.0629. The molecule has 0 aliphatic carbocycles. The summed E-state index contributed by atoms with van der Waals surface area (Å²) in [7, 11) is 0. The van der Waals surface area contributed by atoms with Gasteiger partial charge in [-0.2, -0.15) is 0 Å². The zero-order valence-corrected chi connectivity index (χ0v) is 15.0. The summed E-state index contributed by atoms with van der Waals surface area (Å²) < 4.78 is 23.8. The second-order valence-electron chi connectivity index (χ2n) is 6.28. The van der Waals surface area contributed by atoms with Crippen LogP contribution in [0, 0.1) is 15.9 Å². The zero-order chi connectivity index (χ0) is 19.5. The van der Waals surface area contributed by atoms with Gasteiger partial charge in [0.25, 0.3) is 5.69 Å². The lowest BCUT2D eigenvalue weighted by Crippen LogP contribution is -2.27. The second-order valence-corrected chi connectivity index (χ2v) is 6.68. The number of benzene rings is 2. The quantitative estimate of drug-likeness (QED) is 0.554. The van der Waals surface area contributed by atoms with Gasteiger partial charge in [-0.3, -0.25) is 15.4 Å². The highest BCUT2D eigenvalue weighted by Crippen LogP contribution is 2.31. The number of halogens is 2. The van der Waals surface area contributed by atoms with Crippen LogP contribution in [0.3, 0.4) is 0 Å². The summed E-state index contributed by atoms with van der Waals surface area (Å²) in [5.41, 5.74) is -0.923. The van der Waals surface area contributed by atoms with E-state index in [1.807, 2.05) is 0 Å². The van der Waals surface area contributed by atoms with E-state index in [-0.39, 0.29) is 27.9 Å². The van der Waals surface area contributed by atoms with E-state index < -0.39 is 22.4 Å². The molecule has 1 N–H and O–H groups in total. The van der Waals surface area contributed by atoms with Gasteiger partial charge < -0.3 is 9.47 Å². The largest absolute Gasteiger partial charge is 0.457 e. The molecule has 138 valence electrons. The van der Waals surface area contributed by atoms with E-state index in [9.17, 15) is 19.3 Å². The molecule has 0 atom stereocenters. The van der Waals surface area contributed by atoms with Crippen LogP contribution in [0.5, 0.6) is 11.5 Å². The number of nitrogens with zero attached hydrogens (tertiary/aromatic N) is 1. The standard InChI is InChI=1S/C17H16ClFN2O5/c1-17(2,3)26-16(22)20-10-6-11(21(23)24)8-13(7-10)25-12-4-5-15(19)14(18)9-12/h4-9H,1-3H3,(H,20,22). The van der Waals surface area contributed by atoms with Crippen molar-refractivity contribution >= 4 is 29.1 Å². The molecule has 0 saturated carbocycles. The number of anilines is 1. The molecule has 0 aromatic heterocycles. The SMILES string of the molecule is CC(C)(C)OC(=O)Nc1cc(Oc2ccc(F)c(Cl)c2)cc([N+](=O)[O-])c1. The van der Waals surface area contributed by atoms with Gasteiger partial charge in [0.2, 0.25) is 0 Å². The number of carbonyl (C=O) groups is 1. The average Bonchev–Trinajstić information content (AvgIpc) is 2.48.